The maximum Gasteiger partial charge on any atom is 0.251 e. The van der Waals surface area contributed by atoms with E-state index in [9.17, 15) is 8.42 Å². The van der Waals surface area contributed by atoms with Gasteiger partial charge < -0.3 is 0 Å². The third-order valence-electron chi connectivity index (χ3n) is 2.97. The van der Waals surface area contributed by atoms with Crippen LogP contribution in [0.15, 0.2) is 20.1 Å². The highest BCUT2D eigenvalue weighted by atomic mass is 79.9. The third kappa shape index (κ3) is 3.30. The van der Waals surface area contributed by atoms with Crippen LogP contribution in [0.5, 0.6) is 0 Å². The van der Waals surface area contributed by atoms with Crippen LogP contribution in [0.1, 0.15) is 26.2 Å². The van der Waals surface area contributed by atoms with E-state index in [1.165, 1.54) is 11.3 Å². The summed E-state index contributed by atoms with van der Waals surface area (Å²) in [6, 6.07) is 1.85. The van der Waals surface area contributed by atoms with E-state index in [1.807, 2.05) is 11.8 Å². The van der Waals surface area contributed by atoms with Gasteiger partial charge in [-0.2, -0.15) is 11.8 Å². The molecule has 102 valence electrons. The maximum absolute atomic E-state index is 12.3. The Bertz CT molecular complexity index is 500. The summed E-state index contributed by atoms with van der Waals surface area (Å²) in [5.74, 6) is 1.03. The number of hydrogen-bond acceptors (Lipinski definition) is 4. The summed E-state index contributed by atoms with van der Waals surface area (Å²) in [4.78, 5) is 0. The number of rotatable bonds is 5. The average molecular weight is 370 g/mol. The second-order valence-electron chi connectivity index (χ2n) is 4.21. The zero-order valence-corrected chi connectivity index (χ0v) is 14.1. The molecule has 0 radical (unpaired) electrons. The Labute approximate surface area is 125 Å². The van der Waals surface area contributed by atoms with Crippen LogP contribution in [-0.2, 0) is 10.0 Å². The van der Waals surface area contributed by atoms with Crippen molar-refractivity contribution in [2.45, 2.75) is 41.7 Å². The summed E-state index contributed by atoms with van der Waals surface area (Å²) in [5.41, 5.74) is 0. The highest BCUT2D eigenvalue weighted by Crippen LogP contribution is 2.33. The Hall–Kier alpha value is 0.440. The van der Waals surface area contributed by atoms with Crippen molar-refractivity contribution in [3.05, 3.63) is 15.9 Å². The number of nitrogens with one attached hydrogen (secondary N) is 1. The van der Waals surface area contributed by atoms with Crippen LogP contribution in [0.3, 0.4) is 0 Å². The first-order chi connectivity index (χ1) is 8.54. The van der Waals surface area contributed by atoms with Gasteiger partial charge in [-0.25, -0.2) is 13.1 Å². The molecule has 0 spiro atoms. The zero-order chi connectivity index (χ0) is 13.2. The first-order valence-electron chi connectivity index (χ1n) is 5.91. The summed E-state index contributed by atoms with van der Waals surface area (Å²) < 4.78 is 28.5. The predicted molar refractivity (Wildman–Crippen MR) is 81.9 cm³/mol. The lowest BCUT2D eigenvalue weighted by Gasteiger charge is -2.19. The lowest BCUT2D eigenvalue weighted by Crippen LogP contribution is -2.38. The van der Waals surface area contributed by atoms with Crippen molar-refractivity contribution >= 4 is 49.1 Å². The van der Waals surface area contributed by atoms with Crippen LogP contribution in [-0.4, -0.2) is 25.5 Å². The van der Waals surface area contributed by atoms with Crippen LogP contribution in [0.25, 0.3) is 0 Å². The Balaban J connectivity index is 2.11. The molecule has 2 atom stereocenters. The normalized spacial score (nSPS) is 24.6. The van der Waals surface area contributed by atoms with Crippen molar-refractivity contribution in [3.8, 4) is 0 Å². The number of thioether (sulfide) groups is 1. The summed E-state index contributed by atoms with van der Waals surface area (Å²) in [7, 11) is -3.37. The van der Waals surface area contributed by atoms with Gasteiger partial charge in [-0.15, -0.1) is 11.3 Å². The highest BCUT2D eigenvalue weighted by molar-refractivity contribution is 9.10. The first kappa shape index (κ1) is 14.8. The molecule has 0 aliphatic heterocycles. The molecule has 1 aliphatic rings. The summed E-state index contributed by atoms with van der Waals surface area (Å²) in [6.07, 6.45) is 3.16. The Morgan fingerprint density at radius 1 is 1.56 bits per heavy atom. The van der Waals surface area contributed by atoms with Gasteiger partial charge in [0, 0.05) is 15.8 Å². The van der Waals surface area contributed by atoms with Crippen LogP contribution in [0.4, 0.5) is 0 Å². The molecule has 0 saturated heterocycles. The largest absolute Gasteiger partial charge is 0.251 e. The van der Waals surface area contributed by atoms with E-state index in [0.29, 0.717) is 13.9 Å². The molecule has 2 unspecified atom stereocenters. The Morgan fingerprint density at radius 2 is 2.33 bits per heavy atom. The van der Waals surface area contributed by atoms with Crippen molar-refractivity contribution in [2.75, 3.05) is 5.75 Å². The zero-order valence-electron chi connectivity index (χ0n) is 10.1. The quantitative estimate of drug-likeness (QED) is 0.864. The number of hydrogen-bond donors (Lipinski definition) is 1. The van der Waals surface area contributed by atoms with Gasteiger partial charge in [0.1, 0.15) is 4.21 Å². The molecule has 0 bridgehead atoms. The van der Waals surface area contributed by atoms with Gasteiger partial charge in [-0.3, -0.25) is 0 Å². The minimum absolute atomic E-state index is 0.0777. The molecule has 7 heteroatoms. The maximum atomic E-state index is 12.3. The van der Waals surface area contributed by atoms with Crippen LogP contribution >= 0.6 is 39.0 Å². The molecule has 18 heavy (non-hydrogen) atoms. The molecule has 3 nitrogen and oxygen atoms in total. The van der Waals surface area contributed by atoms with Crippen LogP contribution in [0, 0.1) is 0 Å². The van der Waals surface area contributed by atoms with E-state index >= 15 is 0 Å². The molecule has 0 amide bonds. The average Bonchev–Trinajstić information content (AvgIpc) is 2.89. The molecule has 2 rings (SSSR count). The predicted octanol–water partition coefficient (Wildman–Crippen LogP) is 3.46. The SMILES string of the molecule is CCSC1CCCC1NS(=O)(=O)c1sccc1Br. The number of sulfonamides is 1. The Kier molecular flexibility index (Phi) is 5.16. The van der Waals surface area contributed by atoms with E-state index in [4.69, 9.17) is 0 Å². The smallest absolute Gasteiger partial charge is 0.206 e. The van der Waals surface area contributed by atoms with Crippen molar-refractivity contribution in [1.82, 2.24) is 4.72 Å². The van der Waals surface area contributed by atoms with Gasteiger partial charge >= 0.3 is 0 Å². The Morgan fingerprint density at radius 3 is 2.94 bits per heavy atom. The van der Waals surface area contributed by atoms with Gasteiger partial charge in [0.2, 0.25) is 0 Å². The topological polar surface area (TPSA) is 46.2 Å². The van der Waals surface area contributed by atoms with Gasteiger partial charge in [-0.1, -0.05) is 13.3 Å². The van der Waals surface area contributed by atoms with Gasteiger partial charge in [0.25, 0.3) is 10.0 Å². The van der Waals surface area contributed by atoms with Gasteiger partial charge in [0.15, 0.2) is 0 Å². The molecule has 1 aromatic heterocycles. The second-order valence-corrected chi connectivity index (χ2v) is 9.40. The standard InChI is InChI=1S/C11H16BrNO2S3/c1-2-16-10-5-3-4-9(10)13-18(14,15)11-8(12)6-7-17-11/h6-7,9-10,13H,2-5H2,1H3. The lowest BCUT2D eigenvalue weighted by molar-refractivity contribution is 0.556. The minimum atomic E-state index is -3.37. The highest BCUT2D eigenvalue weighted by Gasteiger charge is 2.32. The van der Waals surface area contributed by atoms with E-state index in [0.717, 1.165) is 25.0 Å². The van der Waals surface area contributed by atoms with Crippen LogP contribution in [0.2, 0.25) is 0 Å². The van der Waals surface area contributed by atoms with E-state index in [-0.39, 0.29) is 6.04 Å². The molecule has 1 fully saturated rings. The molecule has 0 aromatic carbocycles. The van der Waals surface area contributed by atoms with E-state index < -0.39 is 10.0 Å². The molecular weight excluding hydrogens is 354 g/mol. The third-order valence-corrected chi connectivity index (χ3v) is 8.45. The number of halogens is 1. The monoisotopic (exact) mass is 369 g/mol. The first-order valence-corrected chi connectivity index (χ1v) is 10.1. The molecule has 1 N–H and O–H groups in total. The fourth-order valence-corrected chi connectivity index (χ4v) is 7.15. The fraction of sp³-hybridized carbons (Fsp3) is 0.636. The van der Waals surface area contributed by atoms with Gasteiger partial charge in [0.05, 0.1) is 0 Å². The van der Waals surface area contributed by atoms with Gasteiger partial charge in [-0.05, 0) is 46.0 Å². The van der Waals surface area contributed by atoms with E-state index in [1.54, 1.807) is 11.4 Å². The van der Waals surface area contributed by atoms with Crippen molar-refractivity contribution in [3.63, 3.8) is 0 Å². The molecular formula is C11H16BrNO2S3. The summed E-state index contributed by atoms with van der Waals surface area (Å²) >= 11 is 6.39. The van der Waals surface area contributed by atoms with Crippen molar-refractivity contribution in [1.29, 1.82) is 0 Å². The molecule has 1 saturated carbocycles. The second kappa shape index (κ2) is 6.26. The summed E-state index contributed by atoms with van der Waals surface area (Å²) in [5, 5.41) is 2.20. The minimum Gasteiger partial charge on any atom is -0.206 e. The lowest BCUT2D eigenvalue weighted by atomic mass is 10.3. The van der Waals surface area contributed by atoms with Crippen molar-refractivity contribution < 1.29 is 8.42 Å². The van der Waals surface area contributed by atoms with E-state index in [2.05, 4.69) is 27.6 Å². The molecule has 1 aliphatic carbocycles. The molecule has 1 heterocycles. The fourth-order valence-electron chi connectivity index (χ4n) is 2.20. The van der Waals surface area contributed by atoms with Crippen molar-refractivity contribution in [2.24, 2.45) is 0 Å². The summed E-state index contributed by atoms with van der Waals surface area (Å²) in [6.45, 7) is 2.12. The molecule has 1 aromatic rings. The number of thiophene rings is 1. The van der Waals surface area contributed by atoms with Crippen LogP contribution < -0.4 is 4.72 Å².